The van der Waals surface area contributed by atoms with Gasteiger partial charge in [-0.3, -0.25) is 4.79 Å². The molecule has 0 radical (unpaired) electrons. The number of piperidine rings is 1. The number of aryl methyl sites for hydroxylation is 1. The zero-order valence-corrected chi connectivity index (χ0v) is 14.8. The molecule has 1 fully saturated rings. The van der Waals surface area contributed by atoms with E-state index in [2.05, 4.69) is 29.7 Å². The molecule has 2 aromatic heterocycles. The fourth-order valence-corrected chi connectivity index (χ4v) is 4.20. The first kappa shape index (κ1) is 16.1. The third-order valence-corrected chi connectivity index (χ3v) is 5.52. The van der Waals surface area contributed by atoms with Gasteiger partial charge in [-0.1, -0.05) is 6.92 Å². The zero-order chi connectivity index (χ0) is 17.4. The summed E-state index contributed by atoms with van der Waals surface area (Å²) >= 11 is 0. The van der Waals surface area contributed by atoms with Crippen molar-refractivity contribution in [1.82, 2.24) is 24.8 Å². The van der Waals surface area contributed by atoms with Gasteiger partial charge in [0.1, 0.15) is 0 Å². The summed E-state index contributed by atoms with van der Waals surface area (Å²) < 4.78 is 0. The van der Waals surface area contributed by atoms with Gasteiger partial charge in [-0.2, -0.15) is 0 Å². The maximum absolute atomic E-state index is 12.6. The Bertz CT molecular complexity index is 777. The number of amides is 1. The van der Waals surface area contributed by atoms with Crippen molar-refractivity contribution in [2.45, 2.75) is 45.1 Å². The predicted octanol–water partition coefficient (Wildman–Crippen LogP) is 1.80. The van der Waals surface area contributed by atoms with Crippen LogP contribution in [0.25, 0.3) is 0 Å². The maximum atomic E-state index is 12.6. The summed E-state index contributed by atoms with van der Waals surface area (Å²) in [6.45, 7) is 6.33. The van der Waals surface area contributed by atoms with Gasteiger partial charge in [0, 0.05) is 50.1 Å². The van der Waals surface area contributed by atoms with Gasteiger partial charge in [0.05, 0.1) is 17.6 Å². The Balaban J connectivity index is 1.63. The van der Waals surface area contributed by atoms with Crippen LogP contribution in [-0.2, 0) is 16.8 Å². The normalized spacial score (nSPS) is 19.1. The molecule has 25 heavy (non-hydrogen) atoms. The van der Waals surface area contributed by atoms with Crippen molar-refractivity contribution in [3.63, 3.8) is 0 Å². The third kappa shape index (κ3) is 2.58. The zero-order valence-electron chi connectivity index (χ0n) is 14.8. The van der Waals surface area contributed by atoms with E-state index in [1.54, 1.807) is 12.5 Å². The molecule has 0 saturated carbocycles. The Morgan fingerprint density at radius 1 is 1.28 bits per heavy atom. The van der Waals surface area contributed by atoms with Crippen LogP contribution in [0.15, 0.2) is 18.6 Å². The Kier molecular flexibility index (Phi) is 3.94. The van der Waals surface area contributed by atoms with E-state index >= 15 is 0 Å². The molecule has 1 N–H and O–H groups in total. The molecular formula is C18H24N6O. The van der Waals surface area contributed by atoms with E-state index in [9.17, 15) is 4.79 Å². The summed E-state index contributed by atoms with van der Waals surface area (Å²) in [7, 11) is 0. The van der Waals surface area contributed by atoms with Crippen LogP contribution in [0.2, 0.25) is 0 Å². The minimum atomic E-state index is -0.291. The van der Waals surface area contributed by atoms with Crippen molar-refractivity contribution in [3.05, 3.63) is 35.7 Å². The van der Waals surface area contributed by atoms with E-state index in [0.717, 1.165) is 56.2 Å². The molecule has 0 aromatic carbocycles. The molecule has 7 heteroatoms. The topological polar surface area (TPSA) is 78.0 Å². The summed E-state index contributed by atoms with van der Waals surface area (Å²) in [5.74, 6) is 0.996. The number of anilines is 1. The summed E-state index contributed by atoms with van der Waals surface area (Å²) in [4.78, 5) is 33.8. The van der Waals surface area contributed by atoms with Gasteiger partial charge in [-0.25, -0.2) is 15.0 Å². The van der Waals surface area contributed by atoms with Gasteiger partial charge in [0.25, 0.3) is 0 Å². The van der Waals surface area contributed by atoms with Crippen LogP contribution in [-0.4, -0.2) is 50.4 Å². The highest BCUT2D eigenvalue weighted by Crippen LogP contribution is 2.42. The maximum Gasteiger partial charge on any atom is 0.225 e. The van der Waals surface area contributed by atoms with Crippen LogP contribution in [0, 0.1) is 6.92 Å². The van der Waals surface area contributed by atoms with Crippen LogP contribution in [0.4, 0.5) is 5.95 Å². The fraction of sp³-hybridized carbons (Fsp3) is 0.556. The number of hydrogen-bond donors (Lipinski definition) is 1. The van der Waals surface area contributed by atoms with E-state index < -0.39 is 0 Å². The van der Waals surface area contributed by atoms with Crippen LogP contribution >= 0.6 is 0 Å². The van der Waals surface area contributed by atoms with Gasteiger partial charge in [0.2, 0.25) is 11.9 Å². The quantitative estimate of drug-likeness (QED) is 0.902. The molecule has 1 saturated heterocycles. The van der Waals surface area contributed by atoms with Gasteiger partial charge in [-0.15, -0.1) is 0 Å². The van der Waals surface area contributed by atoms with Crippen molar-refractivity contribution >= 4 is 11.9 Å². The number of imidazole rings is 1. The predicted molar refractivity (Wildman–Crippen MR) is 94.2 cm³/mol. The Labute approximate surface area is 147 Å². The monoisotopic (exact) mass is 340 g/mol. The summed E-state index contributed by atoms with van der Waals surface area (Å²) in [5, 5.41) is 0. The smallest absolute Gasteiger partial charge is 0.225 e. The lowest BCUT2D eigenvalue weighted by Crippen LogP contribution is -2.58. The molecule has 1 spiro atoms. The SMILES string of the molecule is CCC(=O)N1CCc2[nH]cnc2C12CCN(c1nccc(C)n1)CC2. The number of aromatic nitrogens is 4. The van der Waals surface area contributed by atoms with E-state index in [4.69, 9.17) is 0 Å². The van der Waals surface area contributed by atoms with E-state index in [-0.39, 0.29) is 11.4 Å². The van der Waals surface area contributed by atoms with E-state index in [0.29, 0.717) is 6.42 Å². The third-order valence-electron chi connectivity index (χ3n) is 5.52. The van der Waals surface area contributed by atoms with Gasteiger partial charge in [-0.05, 0) is 25.8 Å². The number of hydrogen-bond acceptors (Lipinski definition) is 5. The summed E-state index contributed by atoms with van der Waals surface area (Å²) in [6, 6.07) is 1.91. The number of carbonyl (C=O) groups is 1. The highest BCUT2D eigenvalue weighted by Gasteiger charge is 2.48. The Morgan fingerprint density at radius 2 is 2.08 bits per heavy atom. The molecule has 2 aliphatic rings. The number of fused-ring (bicyclic) bond motifs is 2. The number of rotatable bonds is 2. The van der Waals surface area contributed by atoms with Crippen molar-refractivity contribution < 1.29 is 4.79 Å². The van der Waals surface area contributed by atoms with Gasteiger partial charge >= 0.3 is 0 Å². The van der Waals surface area contributed by atoms with Crippen LogP contribution in [0.5, 0.6) is 0 Å². The molecule has 1 amide bonds. The second kappa shape index (κ2) is 6.13. The number of nitrogens with one attached hydrogen (secondary N) is 1. The van der Waals surface area contributed by atoms with Crippen LogP contribution in [0.3, 0.4) is 0 Å². The van der Waals surface area contributed by atoms with Crippen molar-refractivity contribution in [2.75, 3.05) is 24.5 Å². The second-order valence-corrected chi connectivity index (χ2v) is 6.90. The average Bonchev–Trinajstić information content (AvgIpc) is 3.12. The Morgan fingerprint density at radius 3 is 2.80 bits per heavy atom. The highest BCUT2D eigenvalue weighted by atomic mass is 16.2. The van der Waals surface area contributed by atoms with Crippen molar-refractivity contribution in [3.8, 4) is 0 Å². The number of nitrogens with zero attached hydrogens (tertiary/aromatic N) is 5. The first-order valence-corrected chi connectivity index (χ1v) is 9.02. The van der Waals surface area contributed by atoms with Crippen LogP contribution in [0.1, 0.15) is 43.3 Å². The largest absolute Gasteiger partial charge is 0.348 e. The number of H-pyrrole nitrogens is 1. The molecule has 0 unspecified atom stereocenters. The second-order valence-electron chi connectivity index (χ2n) is 6.90. The van der Waals surface area contributed by atoms with Gasteiger partial charge in [0.15, 0.2) is 0 Å². The number of carbonyl (C=O) groups excluding carboxylic acids is 1. The van der Waals surface area contributed by atoms with Crippen molar-refractivity contribution in [1.29, 1.82) is 0 Å². The minimum Gasteiger partial charge on any atom is -0.348 e. The summed E-state index contributed by atoms with van der Waals surface area (Å²) in [5.41, 5.74) is 2.92. The molecule has 4 heterocycles. The average molecular weight is 340 g/mol. The van der Waals surface area contributed by atoms with Gasteiger partial charge < -0.3 is 14.8 Å². The number of aromatic amines is 1. The highest BCUT2D eigenvalue weighted by molar-refractivity contribution is 5.77. The standard InChI is InChI=1S/C18H24N6O/c1-3-15(25)24-9-5-14-16(21-12-20-14)18(24)6-10-23(11-7-18)17-19-8-4-13(2)22-17/h4,8,12H,3,5-7,9-11H2,1-2H3,(H,20,21). The Hall–Kier alpha value is -2.44. The van der Waals surface area contributed by atoms with E-state index in [1.807, 2.05) is 19.9 Å². The molecule has 0 aliphatic carbocycles. The van der Waals surface area contributed by atoms with Crippen molar-refractivity contribution in [2.24, 2.45) is 0 Å². The lowest BCUT2D eigenvalue weighted by Gasteiger charge is -2.50. The molecular weight excluding hydrogens is 316 g/mol. The molecule has 2 aliphatic heterocycles. The van der Waals surface area contributed by atoms with Crippen LogP contribution < -0.4 is 4.90 Å². The first-order valence-electron chi connectivity index (χ1n) is 9.02. The van der Waals surface area contributed by atoms with E-state index in [1.165, 1.54) is 5.69 Å². The molecule has 7 nitrogen and oxygen atoms in total. The minimum absolute atomic E-state index is 0.217. The lowest BCUT2D eigenvalue weighted by molar-refractivity contribution is -0.140. The molecule has 0 bridgehead atoms. The molecule has 0 atom stereocenters. The molecule has 2 aromatic rings. The summed E-state index contributed by atoms with van der Waals surface area (Å²) in [6.07, 6.45) is 6.67. The molecule has 132 valence electrons. The lowest BCUT2D eigenvalue weighted by atomic mass is 9.78. The molecule has 4 rings (SSSR count). The first-order chi connectivity index (χ1) is 12.1. The fourth-order valence-electron chi connectivity index (χ4n) is 4.20.